The lowest BCUT2D eigenvalue weighted by Gasteiger charge is -2.37. The molecular formula is C23H27F3N6O3. The molecule has 1 aliphatic heterocycles. The Hall–Kier alpha value is -3.57. The summed E-state index contributed by atoms with van der Waals surface area (Å²) < 4.78 is 54.6. The first-order valence-electron chi connectivity index (χ1n) is 11.1. The number of carbonyl (C=O) groups is 1. The van der Waals surface area contributed by atoms with Crippen molar-refractivity contribution >= 4 is 17.6 Å². The summed E-state index contributed by atoms with van der Waals surface area (Å²) in [4.78, 5) is 28.2. The predicted molar refractivity (Wildman–Crippen MR) is 123 cm³/mol. The monoisotopic (exact) mass is 492 g/mol. The van der Waals surface area contributed by atoms with Gasteiger partial charge in [-0.25, -0.2) is 19.7 Å². The van der Waals surface area contributed by atoms with E-state index >= 15 is 0 Å². The van der Waals surface area contributed by atoms with Gasteiger partial charge in [0, 0.05) is 50.3 Å². The number of imidazole rings is 1. The number of anilines is 1. The molecule has 1 fully saturated rings. The van der Waals surface area contributed by atoms with Crippen LogP contribution in [0, 0.1) is 6.92 Å². The lowest BCUT2D eigenvalue weighted by molar-refractivity contribution is -0.137. The van der Waals surface area contributed by atoms with Crippen LogP contribution < -0.4 is 9.64 Å². The quantitative estimate of drug-likeness (QED) is 0.542. The third-order valence-electron chi connectivity index (χ3n) is 5.42. The molecule has 9 nitrogen and oxygen atoms in total. The first-order valence-corrected chi connectivity index (χ1v) is 11.1. The molecule has 0 saturated carbocycles. The smallest absolute Gasteiger partial charge is 0.419 e. The fourth-order valence-corrected chi connectivity index (χ4v) is 3.85. The highest BCUT2D eigenvalue weighted by Gasteiger charge is 2.38. The number of amides is 1. The molecule has 1 amide bonds. The molecule has 35 heavy (non-hydrogen) atoms. The van der Waals surface area contributed by atoms with Gasteiger partial charge >= 0.3 is 12.3 Å². The molecule has 1 aliphatic rings. The Morgan fingerprint density at radius 2 is 1.74 bits per heavy atom. The topological polar surface area (TPSA) is 85.1 Å². The third-order valence-corrected chi connectivity index (χ3v) is 5.42. The Morgan fingerprint density at radius 1 is 1.06 bits per heavy atom. The van der Waals surface area contributed by atoms with Crippen molar-refractivity contribution < 1.29 is 27.4 Å². The molecule has 0 atom stereocenters. The van der Waals surface area contributed by atoms with Crippen molar-refractivity contribution in [2.45, 2.75) is 39.5 Å². The normalized spacial score (nSPS) is 15.0. The summed E-state index contributed by atoms with van der Waals surface area (Å²) in [7, 11) is 1.43. The number of aromatic nitrogens is 4. The van der Waals surface area contributed by atoms with Crippen molar-refractivity contribution in [3.8, 4) is 17.1 Å². The van der Waals surface area contributed by atoms with E-state index in [1.165, 1.54) is 23.1 Å². The zero-order valence-electron chi connectivity index (χ0n) is 20.2. The van der Waals surface area contributed by atoms with Gasteiger partial charge in [0.2, 0.25) is 5.65 Å². The van der Waals surface area contributed by atoms with E-state index in [0.29, 0.717) is 5.65 Å². The maximum atomic E-state index is 14.1. The number of fused-ring (bicyclic) bond motifs is 1. The molecule has 1 saturated heterocycles. The molecule has 0 N–H and O–H groups in total. The summed E-state index contributed by atoms with van der Waals surface area (Å²) in [6.45, 7) is 7.93. The van der Waals surface area contributed by atoms with Gasteiger partial charge in [0.05, 0.1) is 24.1 Å². The number of hydrogen-bond donors (Lipinski definition) is 0. The fourth-order valence-electron chi connectivity index (χ4n) is 3.85. The van der Waals surface area contributed by atoms with E-state index < -0.39 is 23.4 Å². The number of methoxy groups -OCH3 is 1. The van der Waals surface area contributed by atoms with Gasteiger partial charge in [-0.05, 0) is 33.8 Å². The van der Waals surface area contributed by atoms with E-state index in [4.69, 9.17) is 9.47 Å². The largest absolute Gasteiger partial charge is 0.478 e. The number of hydrogen-bond acceptors (Lipinski definition) is 7. The minimum atomic E-state index is -4.64. The molecule has 3 aromatic rings. The second-order valence-corrected chi connectivity index (χ2v) is 9.30. The van der Waals surface area contributed by atoms with Crippen molar-refractivity contribution in [2.24, 2.45) is 0 Å². The maximum Gasteiger partial charge on any atom is 0.419 e. The first kappa shape index (κ1) is 24.6. The Morgan fingerprint density at radius 3 is 2.34 bits per heavy atom. The van der Waals surface area contributed by atoms with Gasteiger partial charge in [-0.1, -0.05) is 0 Å². The molecule has 0 aliphatic carbocycles. The molecular weight excluding hydrogens is 465 g/mol. The average molecular weight is 493 g/mol. The molecule has 0 unspecified atom stereocenters. The van der Waals surface area contributed by atoms with Gasteiger partial charge in [-0.3, -0.25) is 0 Å². The highest BCUT2D eigenvalue weighted by atomic mass is 19.4. The van der Waals surface area contributed by atoms with Gasteiger partial charge in [-0.2, -0.15) is 13.2 Å². The third kappa shape index (κ3) is 5.25. The minimum Gasteiger partial charge on any atom is -0.478 e. The maximum absolute atomic E-state index is 14.1. The van der Waals surface area contributed by atoms with Crippen LogP contribution in [0.15, 0.2) is 24.7 Å². The summed E-state index contributed by atoms with van der Waals surface area (Å²) >= 11 is 0. The van der Waals surface area contributed by atoms with Crippen molar-refractivity contribution in [2.75, 3.05) is 38.2 Å². The number of nitrogens with zero attached hydrogens (tertiary/aromatic N) is 6. The molecule has 0 bridgehead atoms. The van der Waals surface area contributed by atoms with Crippen LogP contribution >= 0.6 is 0 Å². The van der Waals surface area contributed by atoms with Crippen molar-refractivity contribution in [3.05, 3.63) is 35.9 Å². The second kappa shape index (κ2) is 8.90. The number of aryl methyl sites for hydroxylation is 1. The van der Waals surface area contributed by atoms with E-state index in [1.807, 2.05) is 0 Å². The summed E-state index contributed by atoms with van der Waals surface area (Å²) in [6, 6.07) is 1.04. The van der Waals surface area contributed by atoms with Gasteiger partial charge < -0.3 is 23.7 Å². The van der Waals surface area contributed by atoms with E-state index in [2.05, 4.69) is 15.0 Å². The van der Waals surface area contributed by atoms with Crippen molar-refractivity contribution in [1.29, 1.82) is 0 Å². The van der Waals surface area contributed by atoms with Crippen LogP contribution in [-0.4, -0.2) is 69.2 Å². The molecule has 188 valence electrons. The molecule has 0 spiro atoms. The average Bonchev–Trinajstić information content (AvgIpc) is 3.16. The molecule has 0 aromatic carbocycles. The number of halogens is 3. The fraction of sp³-hybridized carbons (Fsp3) is 0.478. The van der Waals surface area contributed by atoms with Gasteiger partial charge in [0.1, 0.15) is 11.4 Å². The summed E-state index contributed by atoms with van der Waals surface area (Å²) in [5.74, 6) is 0.0168. The number of alkyl halides is 3. The van der Waals surface area contributed by atoms with E-state index in [0.717, 1.165) is 11.8 Å². The zero-order valence-corrected chi connectivity index (χ0v) is 20.2. The molecule has 4 rings (SSSR count). The van der Waals surface area contributed by atoms with Crippen molar-refractivity contribution in [1.82, 2.24) is 24.3 Å². The number of rotatable bonds is 3. The Balaban J connectivity index is 1.63. The van der Waals surface area contributed by atoms with Gasteiger partial charge in [0.25, 0.3) is 5.88 Å². The van der Waals surface area contributed by atoms with Crippen LogP contribution in [0.5, 0.6) is 5.88 Å². The first-order chi connectivity index (χ1) is 16.4. The van der Waals surface area contributed by atoms with Crippen LogP contribution in [0.3, 0.4) is 0 Å². The van der Waals surface area contributed by atoms with Gasteiger partial charge in [-0.15, -0.1) is 0 Å². The van der Waals surface area contributed by atoms with Crippen LogP contribution in [-0.2, 0) is 10.9 Å². The number of pyridine rings is 1. The highest BCUT2D eigenvalue weighted by molar-refractivity contribution is 5.69. The summed E-state index contributed by atoms with van der Waals surface area (Å²) in [6.07, 6.45) is -0.432. The number of ether oxygens (including phenoxy) is 2. The van der Waals surface area contributed by atoms with Crippen LogP contribution in [0.4, 0.5) is 23.8 Å². The SMILES string of the molecule is COc1nc(-c2cnc(N3CCN(C(=O)OC(C)(C)C)CC3)c(C(F)(F)F)c2)cn2cc(C)nc12. The Labute approximate surface area is 200 Å². The Kier molecular flexibility index (Phi) is 6.24. The number of carbonyl (C=O) groups excluding carboxylic acids is 1. The molecule has 12 heteroatoms. The molecule has 0 radical (unpaired) electrons. The lowest BCUT2D eigenvalue weighted by Crippen LogP contribution is -2.50. The molecule has 4 heterocycles. The highest BCUT2D eigenvalue weighted by Crippen LogP contribution is 2.38. The summed E-state index contributed by atoms with van der Waals surface area (Å²) in [5.41, 5.74) is 0.133. The van der Waals surface area contributed by atoms with E-state index in [9.17, 15) is 18.0 Å². The standard InChI is InChI=1S/C23H27F3N6O3/c1-14-12-32-13-17(29-20(34-5)19(32)28-14)15-10-16(23(24,25)26)18(27-11-15)30-6-8-31(9-7-30)21(33)35-22(2,3)4/h10-13H,6-9H2,1-5H3. The zero-order chi connectivity index (χ0) is 25.5. The summed E-state index contributed by atoms with van der Waals surface area (Å²) in [5, 5.41) is 0. The minimum absolute atomic E-state index is 0.184. The van der Waals surface area contributed by atoms with Crippen LogP contribution in [0.1, 0.15) is 32.0 Å². The van der Waals surface area contributed by atoms with E-state index in [-0.39, 0.29) is 49.1 Å². The van der Waals surface area contributed by atoms with E-state index in [1.54, 1.807) is 44.5 Å². The second-order valence-electron chi connectivity index (χ2n) is 9.30. The Bertz CT molecular complexity index is 1240. The number of piperazine rings is 1. The lowest BCUT2D eigenvalue weighted by atomic mass is 10.1. The van der Waals surface area contributed by atoms with Crippen LogP contribution in [0.25, 0.3) is 16.9 Å². The predicted octanol–water partition coefficient (Wildman–Crippen LogP) is 4.18. The van der Waals surface area contributed by atoms with Crippen molar-refractivity contribution in [3.63, 3.8) is 0 Å². The van der Waals surface area contributed by atoms with Crippen LogP contribution in [0.2, 0.25) is 0 Å². The van der Waals surface area contributed by atoms with Gasteiger partial charge in [0.15, 0.2) is 0 Å². The molecule has 3 aromatic heterocycles.